The van der Waals surface area contributed by atoms with Crippen LogP contribution in [0.3, 0.4) is 0 Å². The third-order valence-electron chi connectivity index (χ3n) is 3.64. The summed E-state index contributed by atoms with van der Waals surface area (Å²) in [5.41, 5.74) is 6.34. The van der Waals surface area contributed by atoms with Crippen molar-refractivity contribution in [2.24, 2.45) is 5.92 Å². The molecule has 0 aromatic heterocycles. The van der Waals surface area contributed by atoms with Crippen molar-refractivity contribution in [3.05, 3.63) is 23.2 Å². The zero-order valence-electron chi connectivity index (χ0n) is 10.5. The largest absolute Gasteiger partial charge is 0.399 e. The lowest BCUT2D eigenvalue weighted by atomic mass is 9.88. The molecule has 2 nitrogen and oxygen atoms in total. The van der Waals surface area contributed by atoms with Gasteiger partial charge in [-0.2, -0.15) is 0 Å². The van der Waals surface area contributed by atoms with Crippen molar-refractivity contribution in [3.8, 4) is 0 Å². The third kappa shape index (κ3) is 3.72. The van der Waals surface area contributed by atoms with Gasteiger partial charge in [-0.15, -0.1) is 0 Å². The van der Waals surface area contributed by atoms with E-state index in [9.17, 15) is 4.21 Å². The molecule has 1 aliphatic rings. The van der Waals surface area contributed by atoms with Crippen molar-refractivity contribution in [1.29, 1.82) is 0 Å². The first-order valence-electron chi connectivity index (χ1n) is 6.60. The Morgan fingerprint density at radius 2 is 2.00 bits per heavy atom. The first-order valence-corrected chi connectivity index (χ1v) is 8.30. The number of halogens is 1. The minimum Gasteiger partial charge on any atom is -0.399 e. The summed E-state index contributed by atoms with van der Waals surface area (Å²) in [5, 5.41) is 0.561. The summed E-state index contributed by atoms with van der Waals surface area (Å²) < 4.78 is 12.2. The molecule has 0 radical (unpaired) electrons. The van der Waals surface area contributed by atoms with Crippen LogP contribution >= 0.6 is 11.6 Å². The van der Waals surface area contributed by atoms with Crippen LogP contribution in [0.1, 0.15) is 38.5 Å². The number of hydrogen-bond donors (Lipinski definition) is 1. The topological polar surface area (TPSA) is 43.1 Å². The maximum Gasteiger partial charge on any atom is 0.0594 e. The van der Waals surface area contributed by atoms with Crippen LogP contribution in [0.25, 0.3) is 0 Å². The fourth-order valence-corrected chi connectivity index (χ4v) is 4.25. The Morgan fingerprint density at radius 3 is 2.72 bits per heavy atom. The van der Waals surface area contributed by atoms with E-state index in [0.29, 0.717) is 21.4 Å². The van der Waals surface area contributed by atoms with Crippen molar-refractivity contribution >= 4 is 28.1 Å². The van der Waals surface area contributed by atoms with E-state index in [-0.39, 0.29) is 0 Å². The fraction of sp³-hybridized carbons (Fsp3) is 0.571. The van der Waals surface area contributed by atoms with Gasteiger partial charge in [0.05, 0.1) is 20.7 Å². The fourth-order valence-electron chi connectivity index (χ4n) is 2.55. The standard InChI is InChI=1S/C14H20ClNOS/c15-13-7-6-12(16)10-14(13)18(17)9-8-11-4-2-1-3-5-11/h6-7,10-11H,1-5,8-9,16H2. The van der Waals surface area contributed by atoms with E-state index in [4.69, 9.17) is 17.3 Å². The summed E-state index contributed by atoms with van der Waals surface area (Å²) in [7, 11) is -1.02. The number of rotatable bonds is 4. The van der Waals surface area contributed by atoms with E-state index in [1.165, 1.54) is 32.1 Å². The quantitative estimate of drug-likeness (QED) is 0.850. The molecule has 1 aromatic carbocycles. The van der Waals surface area contributed by atoms with Crippen LogP contribution in [-0.4, -0.2) is 9.96 Å². The molecule has 1 unspecified atom stereocenters. The van der Waals surface area contributed by atoms with Crippen LogP contribution in [0, 0.1) is 5.92 Å². The molecule has 0 heterocycles. The summed E-state index contributed by atoms with van der Waals surface area (Å²) in [6, 6.07) is 5.20. The first-order chi connectivity index (χ1) is 8.66. The highest BCUT2D eigenvalue weighted by atomic mass is 35.5. The molecule has 0 saturated heterocycles. The number of hydrogen-bond acceptors (Lipinski definition) is 2. The Hall–Kier alpha value is -0.540. The van der Waals surface area contributed by atoms with Crippen LogP contribution in [0.4, 0.5) is 5.69 Å². The molecule has 100 valence electrons. The zero-order valence-corrected chi connectivity index (χ0v) is 12.1. The van der Waals surface area contributed by atoms with Crippen LogP contribution in [-0.2, 0) is 10.8 Å². The predicted molar refractivity (Wildman–Crippen MR) is 78.3 cm³/mol. The first kappa shape index (κ1) is 13.9. The molecular formula is C14H20ClNOS. The second kappa shape index (κ2) is 6.58. The molecule has 0 bridgehead atoms. The van der Waals surface area contributed by atoms with E-state index in [2.05, 4.69) is 0 Å². The van der Waals surface area contributed by atoms with Crippen LogP contribution in [0.15, 0.2) is 23.1 Å². The van der Waals surface area contributed by atoms with Gasteiger partial charge >= 0.3 is 0 Å². The average Bonchev–Trinajstić information content (AvgIpc) is 2.40. The zero-order chi connectivity index (χ0) is 13.0. The van der Waals surface area contributed by atoms with E-state index in [0.717, 1.165) is 12.3 Å². The smallest absolute Gasteiger partial charge is 0.0594 e. The highest BCUT2D eigenvalue weighted by Gasteiger charge is 2.16. The summed E-state index contributed by atoms with van der Waals surface area (Å²) in [6.45, 7) is 0. The number of anilines is 1. The van der Waals surface area contributed by atoms with E-state index in [1.54, 1.807) is 18.2 Å². The Bertz CT molecular complexity index is 430. The second-order valence-corrected chi connectivity index (χ2v) is 6.98. The lowest BCUT2D eigenvalue weighted by Crippen LogP contribution is -2.10. The molecule has 0 amide bonds. The predicted octanol–water partition coefficient (Wildman–Crippen LogP) is 4.00. The van der Waals surface area contributed by atoms with Gasteiger partial charge in [0.1, 0.15) is 0 Å². The molecule has 2 N–H and O–H groups in total. The summed E-state index contributed by atoms with van der Waals surface area (Å²) in [6.07, 6.45) is 7.65. The Labute approximate surface area is 116 Å². The highest BCUT2D eigenvalue weighted by Crippen LogP contribution is 2.28. The second-order valence-electron chi connectivity index (χ2n) is 5.03. The van der Waals surface area contributed by atoms with Crippen molar-refractivity contribution < 1.29 is 4.21 Å². The number of benzene rings is 1. The monoisotopic (exact) mass is 285 g/mol. The van der Waals surface area contributed by atoms with Gasteiger partial charge in [-0.05, 0) is 30.5 Å². The molecule has 2 rings (SSSR count). The van der Waals surface area contributed by atoms with Crippen molar-refractivity contribution in [2.75, 3.05) is 11.5 Å². The van der Waals surface area contributed by atoms with E-state index < -0.39 is 10.8 Å². The maximum absolute atomic E-state index is 12.2. The normalized spacial score (nSPS) is 18.7. The Morgan fingerprint density at radius 1 is 1.28 bits per heavy atom. The van der Waals surface area contributed by atoms with Gasteiger partial charge in [0, 0.05) is 11.4 Å². The Kier molecular flexibility index (Phi) is 5.07. The molecule has 1 atom stereocenters. The lowest BCUT2D eigenvalue weighted by Gasteiger charge is -2.21. The molecule has 4 heteroatoms. The van der Waals surface area contributed by atoms with Crippen LogP contribution in [0.2, 0.25) is 5.02 Å². The Balaban J connectivity index is 1.92. The number of nitrogens with two attached hydrogens (primary N) is 1. The van der Waals surface area contributed by atoms with Gasteiger partial charge in [-0.1, -0.05) is 43.7 Å². The molecular weight excluding hydrogens is 266 g/mol. The molecule has 0 spiro atoms. The van der Waals surface area contributed by atoms with Crippen LogP contribution in [0.5, 0.6) is 0 Å². The van der Waals surface area contributed by atoms with E-state index >= 15 is 0 Å². The van der Waals surface area contributed by atoms with Gasteiger partial charge in [-0.25, -0.2) is 0 Å². The van der Waals surface area contributed by atoms with Gasteiger partial charge in [-0.3, -0.25) is 4.21 Å². The molecule has 0 aliphatic heterocycles. The minimum absolute atomic E-state index is 0.561. The average molecular weight is 286 g/mol. The van der Waals surface area contributed by atoms with Crippen LogP contribution < -0.4 is 5.73 Å². The molecule has 1 saturated carbocycles. The van der Waals surface area contributed by atoms with Crippen molar-refractivity contribution in [3.63, 3.8) is 0 Å². The SMILES string of the molecule is Nc1ccc(Cl)c(S(=O)CCC2CCCCC2)c1. The summed E-state index contributed by atoms with van der Waals surface area (Å²) in [4.78, 5) is 0.687. The summed E-state index contributed by atoms with van der Waals surface area (Å²) in [5.74, 6) is 1.45. The highest BCUT2D eigenvalue weighted by molar-refractivity contribution is 7.85. The molecule has 18 heavy (non-hydrogen) atoms. The molecule has 1 aromatic rings. The van der Waals surface area contributed by atoms with Crippen molar-refractivity contribution in [2.45, 2.75) is 43.4 Å². The number of nitrogen functional groups attached to an aromatic ring is 1. The van der Waals surface area contributed by atoms with Crippen molar-refractivity contribution in [1.82, 2.24) is 0 Å². The lowest BCUT2D eigenvalue weighted by molar-refractivity contribution is 0.351. The molecule has 1 aliphatic carbocycles. The maximum atomic E-state index is 12.2. The molecule has 1 fully saturated rings. The van der Waals surface area contributed by atoms with Gasteiger partial charge < -0.3 is 5.73 Å². The van der Waals surface area contributed by atoms with E-state index in [1.807, 2.05) is 0 Å². The minimum atomic E-state index is -1.02. The summed E-state index contributed by atoms with van der Waals surface area (Å²) >= 11 is 6.06. The van der Waals surface area contributed by atoms with Gasteiger partial charge in [0.2, 0.25) is 0 Å². The van der Waals surface area contributed by atoms with Gasteiger partial charge in [0.15, 0.2) is 0 Å². The van der Waals surface area contributed by atoms with Gasteiger partial charge in [0.25, 0.3) is 0 Å². The third-order valence-corrected chi connectivity index (χ3v) is 5.51.